The molecule has 2 saturated carbocycles. The van der Waals surface area contributed by atoms with Gasteiger partial charge in [0.05, 0.1) is 34.4 Å². The van der Waals surface area contributed by atoms with Crippen molar-refractivity contribution in [3.63, 3.8) is 0 Å². The summed E-state index contributed by atoms with van der Waals surface area (Å²) in [6.07, 6.45) is 2.31. The van der Waals surface area contributed by atoms with Crippen LogP contribution >= 0.6 is 11.3 Å². The number of halogens is 2. The molecule has 4 fully saturated rings. The summed E-state index contributed by atoms with van der Waals surface area (Å²) >= 11 is 0.829. The average Bonchev–Trinajstić information content (AvgIpc) is 3.77. The Morgan fingerprint density at radius 2 is 1.90 bits per heavy atom. The highest BCUT2D eigenvalue weighted by Crippen LogP contribution is 2.48. The van der Waals surface area contributed by atoms with Crippen LogP contribution < -0.4 is 15.4 Å². The number of fused-ring (bicyclic) bond motifs is 1. The van der Waals surface area contributed by atoms with Gasteiger partial charge in [0, 0.05) is 42.1 Å². The van der Waals surface area contributed by atoms with Crippen LogP contribution in [0.3, 0.4) is 0 Å². The number of hydrogen-bond acceptors (Lipinski definition) is 9. The van der Waals surface area contributed by atoms with E-state index in [0.29, 0.717) is 41.6 Å². The Kier molecular flexibility index (Phi) is 6.07. The second kappa shape index (κ2) is 9.12. The first-order chi connectivity index (χ1) is 19.0. The van der Waals surface area contributed by atoms with Crippen molar-refractivity contribution < 1.29 is 21.9 Å². The summed E-state index contributed by atoms with van der Waals surface area (Å²) in [5.41, 5.74) is 7.87. The Balaban J connectivity index is 1.36. The van der Waals surface area contributed by atoms with E-state index in [9.17, 15) is 17.2 Å². The van der Waals surface area contributed by atoms with Crippen molar-refractivity contribution in [3.05, 3.63) is 22.8 Å². The van der Waals surface area contributed by atoms with E-state index in [-0.39, 0.29) is 33.4 Å². The normalized spacial score (nSPS) is 25.9. The fourth-order valence-corrected chi connectivity index (χ4v) is 8.37. The number of alkyl halides is 2. The Morgan fingerprint density at radius 1 is 1.18 bits per heavy atom. The molecule has 0 radical (unpaired) electrons. The second-order valence-corrected chi connectivity index (χ2v) is 14.9. The molecule has 5 heterocycles. The van der Waals surface area contributed by atoms with Gasteiger partial charge in [-0.3, -0.25) is 0 Å². The van der Waals surface area contributed by atoms with Crippen LogP contribution in [0.4, 0.5) is 14.6 Å². The molecule has 216 valence electrons. The minimum Gasteiger partial charge on any atom is -0.376 e. The fourth-order valence-electron chi connectivity index (χ4n) is 6.11. The molecule has 7 rings (SSSR count). The summed E-state index contributed by atoms with van der Waals surface area (Å²) in [4.78, 5) is 2.28. The van der Waals surface area contributed by atoms with E-state index in [1.165, 1.54) is 0 Å². The van der Waals surface area contributed by atoms with Gasteiger partial charge in [-0.1, -0.05) is 11.3 Å². The zero-order valence-electron chi connectivity index (χ0n) is 22.4. The van der Waals surface area contributed by atoms with Crippen molar-refractivity contribution in [2.24, 2.45) is 11.1 Å². The number of pyridine rings is 1. The lowest BCUT2D eigenvalue weighted by Gasteiger charge is -2.42. The topological polar surface area (TPSA) is 128 Å². The molecule has 3 aromatic rings. The van der Waals surface area contributed by atoms with E-state index in [4.69, 9.17) is 15.6 Å². The predicted octanol–water partition coefficient (Wildman–Crippen LogP) is 3.83. The Morgan fingerprint density at radius 3 is 2.48 bits per heavy atom. The van der Waals surface area contributed by atoms with Crippen LogP contribution in [-0.4, -0.2) is 65.6 Å². The number of sulfonamides is 1. The van der Waals surface area contributed by atoms with Crippen molar-refractivity contribution in [1.29, 1.82) is 0 Å². The Hall–Kier alpha value is -2.26. The molecule has 10 nitrogen and oxygen atoms in total. The smallest absolute Gasteiger partial charge is 0.291 e. The number of aromatic nitrogens is 4. The van der Waals surface area contributed by atoms with E-state index >= 15 is 0 Å². The van der Waals surface area contributed by atoms with Gasteiger partial charge in [0.15, 0.2) is 10.0 Å². The highest BCUT2D eigenvalue weighted by atomic mass is 32.2. The lowest BCUT2D eigenvalue weighted by molar-refractivity contribution is 0.0974. The summed E-state index contributed by atoms with van der Waals surface area (Å²) in [5, 5.41) is 12.7. The van der Waals surface area contributed by atoms with Crippen molar-refractivity contribution in [2.45, 2.75) is 87.3 Å². The van der Waals surface area contributed by atoms with E-state index in [2.05, 4.69) is 19.8 Å². The standard InChI is InChI=1S/C26H33F2N7O3S2/c1-14-21(29)26(13-38-14)7-9-34(10-8-26)18-12-16(40(36,37)33-25(2)5-6-25)11-17-19(20(15-3-4-15)32-35(17)18)23-30-31-24(39-23)22(27)28/h11-12,14-15,21-22,33H,3-10,13,29H2,1-2H3/t14-,21+/m0/s1. The van der Waals surface area contributed by atoms with Crippen molar-refractivity contribution >= 4 is 32.7 Å². The molecule has 2 atom stereocenters. The molecule has 2 aliphatic carbocycles. The summed E-state index contributed by atoms with van der Waals surface area (Å²) in [6.45, 7) is 5.85. The van der Waals surface area contributed by atoms with Gasteiger partial charge < -0.3 is 15.4 Å². The zero-order valence-corrected chi connectivity index (χ0v) is 24.1. The van der Waals surface area contributed by atoms with Gasteiger partial charge in [-0.25, -0.2) is 26.4 Å². The maximum Gasteiger partial charge on any atom is 0.291 e. The number of rotatable bonds is 7. The lowest BCUT2D eigenvalue weighted by atomic mass is 9.73. The molecule has 2 aliphatic heterocycles. The molecule has 0 amide bonds. The highest BCUT2D eigenvalue weighted by molar-refractivity contribution is 7.89. The summed E-state index contributed by atoms with van der Waals surface area (Å²) in [7, 11) is -3.86. The molecule has 1 spiro atoms. The minimum absolute atomic E-state index is 0.00130. The number of nitrogens with two attached hydrogens (primary N) is 1. The lowest BCUT2D eigenvalue weighted by Crippen LogP contribution is -2.51. The fraction of sp³-hybridized carbons (Fsp3) is 0.654. The van der Waals surface area contributed by atoms with Crippen molar-refractivity contribution in [1.82, 2.24) is 24.5 Å². The summed E-state index contributed by atoms with van der Waals surface area (Å²) < 4.78 is 64.7. The monoisotopic (exact) mass is 593 g/mol. The largest absolute Gasteiger partial charge is 0.376 e. The molecule has 3 aromatic heterocycles. The van der Waals surface area contributed by atoms with Crippen LogP contribution in [0.1, 0.15) is 75.4 Å². The quantitative estimate of drug-likeness (QED) is 0.423. The molecular weight excluding hydrogens is 560 g/mol. The van der Waals surface area contributed by atoms with Crippen LogP contribution in [0.25, 0.3) is 16.1 Å². The Bertz CT molecular complexity index is 1570. The molecular formula is C26H33F2N7O3S2. The molecule has 40 heavy (non-hydrogen) atoms. The maximum atomic E-state index is 13.6. The first-order valence-corrected chi connectivity index (χ1v) is 16.1. The molecule has 14 heteroatoms. The van der Waals surface area contributed by atoms with Crippen LogP contribution in [0.5, 0.6) is 0 Å². The Labute approximate surface area is 235 Å². The first-order valence-electron chi connectivity index (χ1n) is 13.8. The predicted molar refractivity (Wildman–Crippen MR) is 146 cm³/mol. The molecule has 4 aliphatic rings. The van der Waals surface area contributed by atoms with E-state index in [1.54, 1.807) is 16.6 Å². The number of anilines is 1. The molecule has 3 N–H and O–H groups in total. The van der Waals surface area contributed by atoms with Gasteiger partial charge in [-0.15, -0.1) is 10.2 Å². The number of ether oxygens (including phenoxy) is 1. The van der Waals surface area contributed by atoms with E-state index in [1.807, 2.05) is 13.8 Å². The average molecular weight is 594 g/mol. The van der Waals surface area contributed by atoms with Gasteiger partial charge in [-0.05, 0) is 58.4 Å². The summed E-state index contributed by atoms with van der Waals surface area (Å²) in [6, 6.07) is 3.23. The van der Waals surface area contributed by atoms with Crippen LogP contribution in [0.2, 0.25) is 0 Å². The van der Waals surface area contributed by atoms with Gasteiger partial charge in [0.1, 0.15) is 5.82 Å². The number of piperidine rings is 1. The van der Waals surface area contributed by atoms with E-state index in [0.717, 1.165) is 55.6 Å². The third-order valence-electron chi connectivity index (χ3n) is 9.14. The van der Waals surface area contributed by atoms with Gasteiger partial charge in [0.2, 0.25) is 10.0 Å². The number of hydrogen-bond donors (Lipinski definition) is 2. The third-order valence-corrected chi connectivity index (χ3v) is 11.7. The molecule has 2 saturated heterocycles. The molecule has 0 bridgehead atoms. The SMILES string of the molecule is C[C@@H]1OCC2(CCN(c3cc(S(=O)(=O)NC4(C)CC4)cc4c(-c5nnc(C(F)F)s5)c(C5CC5)nn34)CC2)[C@@H]1N. The third kappa shape index (κ3) is 4.42. The van der Waals surface area contributed by atoms with Crippen molar-refractivity contribution in [2.75, 3.05) is 24.6 Å². The van der Waals surface area contributed by atoms with Gasteiger partial charge >= 0.3 is 0 Å². The molecule has 0 unspecified atom stereocenters. The van der Waals surface area contributed by atoms with E-state index < -0.39 is 22.0 Å². The van der Waals surface area contributed by atoms with Gasteiger partial charge in [-0.2, -0.15) is 5.10 Å². The number of nitrogens with zero attached hydrogens (tertiary/aromatic N) is 5. The van der Waals surface area contributed by atoms with Gasteiger partial charge in [0.25, 0.3) is 6.43 Å². The first kappa shape index (κ1) is 26.6. The van der Waals surface area contributed by atoms with Crippen molar-refractivity contribution in [3.8, 4) is 10.6 Å². The maximum absolute atomic E-state index is 13.6. The number of nitrogens with one attached hydrogen (secondary N) is 1. The zero-order chi connectivity index (χ0) is 28.0. The van der Waals surface area contributed by atoms with Crippen LogP contribution in [-0.2, 0) is 14.8 Å². The minimum atomic E-state index is -3.86. The summed E-state index contributed by atoms with van der Waals surface area (Å²) in [5.74, 6) is 0.825. The van der Waals surface area contributed by atoms with Crippen LogP contribution in [0.15, 0.2) is 17.0 Å². The van der Waals surface area contributed by atoms with Crippen LogP contribution in [0, 0.1) is 5.41 Å². The molecule has 0 aromatic carbocycles. The second-order valence-electron chi connectivity index (χ2n) is 12.2. The highest BCUT2D eigenvalue weighted by Gasteiger charge is 2.48.